The van der Waals surface area contributed by atoms with Crippen LogP contribution in [0.5, 0.6) is 5.75 Å². The average Bonchev–Trinajstić information content (AvgIpc) is 2.56. The molecule has 0 fully saturated rings. The first-order chi connectivity index (χ1) is 12.9. The van der Waals surface area contributed by atoms with Gasteiger partial charge in [0.05, 0.1) is 5.52 Å². The molecule has 0 aliphatic carbocycles. The van der Waals surface area contributed by atoms with E-state index in [1.807, 2.05) is 0 Å². The smallest absolute Gasteiger partial charge is 0.406 e. The molecule has 0 radical (unpaired) electrons. The molecule has 3 aromatic rings. The largest absolute Gasteiger partial charge is 0.573 e. The molecule has 2 heterocycles. The zero-order chi connectivity index (χ0) is 20.7. The van der Waals surface area contributed by atoms with E-state index >= 15 is 0 Å². The number of alkyl halides is 3. The van der Waals surface area contributed by atoms with Gasteiger partial charge in [-0.05, 0) is 42.8 Å². The Morgan fingerprint density at radius 3 is 2.29 bits per heavy atom. The number of aromatic amines is 2. The van der Waals surface area contributed by atoms with Crippen LogP contribution in [0, 0.1) is 6.92 Å². The van der Waals surface area contributed by atoms with Crippen molar-refractivity contribution in [3.05, 3.63) is 56.6 Å². The highest BCUT2D eigenvalue weighted by Gasteiger charge is 2.31. The number of aromatic nitrogens is 3. The van der Waals surface area contributed by atoms with E-state index in [4.69, 9.17) is 0 Å². The molecule has 0 atom stereocenters. The van der Waals surface area contributed by atoms with Crippen molar-refractivity contribution in [1.82, 2.24) is 15.0 Å². The monoisotopic (exact) mass is 416 g/mol. The van der Waals surface area contributed by atoms with Crippen LogP contribution in [0.4, 0.5) is 18.9 Å². The number of ether oxygens (including phenoxy) is 1. The fourth-order valence-corrected chi connectivity index (χ4v) is 3.57. The van der Waals surface area contributed by atoms with Gasteiger partial charge in [-0.15, -0.1) is 13.2 Å². The minimum absolute atomic E-state index is 0.0363. The quantitative estimate of drug-likeness (QED) is 0.554. The van der Waals surface area contributed by atoms with Gasteiger partial charge < -0.3 is 14.7 Å². The Labute approximate surface area is 154 Å². The van der Waals surface area contributed by atoms with Crippen LogP contribution >= 0.6 is 0 Å². The van der Waals surface area contributed by atoms with Gasteiger partial charge in [-0.25, -0.2) is 4.98 Å². The highest BCUT2D eigenvalue weighted by atomic mass is 32.2. The molecule has 0 unspecified atom stereocenters. The van der Waals surface area contributed by atoms with Gasteiger partial charge in [-0.3, -0.25) is 14.3 Å². The Morgan fingerprint density at radius 2 is 1.68 bits per heavy atom. The summed E-state index contributed by atoms with van der Waals surface area (Å²) in [5.74, 6) is -0.517. The lowest BCUT2D eigenvalue weighted by molar-refractivity contribution is -0.274. The average molecular weight is 416 g/mol. The van der Waals surface area contributed by atoms with Crippen LogP contribution in [0.3, 0.4) is 0 Å². The van der Waals surface area contributed by atoms with Crippen LogP contribution in [0.2, 0.25) is 0 Å². The second-order valence-electron chi connectivity index (χ2n) is 5.59. The summed E-state index contributed by atoms with van der Waals surface area (Å²) in [5.41, 5.74) is -1.80. The molecule has 2 aromatic heterocycles. The van der Waals surface area contributed by atoms with Crippen molar-refractivity contribution < 1.29 is 26.3 Å². The van der Waals surface area contributed by atoms with Gasteiger partial charge in [-0.2, -0.15) is 8.42 Å². The van der Waals surface area contributed by atoms with Gasteiger partial charge in [0.1, 0.15) is 5.75 Å². The Bertz CT molecular complexity index is 1260. The summed E-state index contributed by atoms with van der Waals surface area (Å²) < 4.78 is 67.5. The van der Waals surface area contributed by atoms with Crippen molar-refractivity contribution in [3.8, 4) is 5.75 Å². The molecule has 0 saturated heterocycles. The van der Waals surface area contributed by atoms with Gasteiger partial charge in [-0.1, -0.05) is 0 Å². The number of rotatable bonds is 4. The fourth-order valence-electron chi connectivity index (χ4n) is 2.33. The van der Waals surface area contributed by atoms with E-state index in [9.17, 15) is 31.2 Å². The molecule has 1 aromatic carbocycles. The van der Waals surface area contributed by atoms with Crippen molar-refractivity contribution in [2.45, 2.75) is 18.3 Å². The van der Waals surface area contributed by atoms with Gasteiger partial charge in [0, 0.05) is 5.69 Å². The van der Waals surface area contributed by atoms with Crippen molar-refractivity contribution >= 4 is 26.9 Å². The maximum Gasteiger partial charge on any atom is 0.573 e. The number of nitrogens with zero attached hydrogens (tertiary/aromatic N) is 1. The lowest BCUT2D eigenvalue weighted by Crippen LogP contribution is -2.29. The van der Waals surface area contributed by atoms with Crippen molar-refractivity contribution in [1.29, 1.82) is 0 Å². The molecule has 0 aliphatic rings. The van der Waals surface area contributed by atoms with Crippen molar-refractivity contribution in [3.63, 3.8) is 0 Å². The van der Waals surface area contributed by atoms with E-state index in [0.717, 1.165) is 24.3 Å². The number of anilines is 1. The molecule has 13 heteroatoms. The summed E-state index contributed by atoms with van der Waals surface area (Å²) in [6.45, 7) is 1.42. The second-order valence-corrected chi connectivity index (χ2v) is 7.19. The SMILES string of the molecule is Cc1cc2[nH]c(=O)c(=O)[nH]c2nc1S(=O)(=O)Nc1ccc(OC(F)(F)F)cc1. The summed E-state index contributed by atoms with van der Waals surface area (Å²) in [7, 11) is -4.24. The zero-order valence-corrected chi connectivity index (χ0v) is 14.7. The Kier molecular flexibility index (Phi) is 4.62. The number of sulfonamides is 1. The standard InChI is InChI=1S/C15H11F3N4O5S/c1-7-6-10-11(20-13(24)12(23)19-10)21-14(7)28(25,26)22-8-2-4-9(5-3-8)27-15(16,17)18/h2-6,22H,1H3,(H,19,23)(H,20,21,24). The summed E-state index contributed by atoms with van der Waals surface area (Å²) in [4.78, 5) is 31.0. The lowest BCUT2D eigenvalue weighted by Gasteiger charge is -2.12. The third-order valence-electron chi connectivity index (χ3n) is 3.45. The number of H-pyrrole nitrogens is 2. The van der Waals surface area contributed by atoms with Gasteiger partial charge >= 0.3 is 17.5 Å². The lowest BCUT2D eigenvalue weighted by atomic mass is 10.3. The van der Waals surface area contributed by atoms with Crippen molar-refractivity contribution in [2.75, 3.05) is 4.72 Å². The predicted octanol–water partition coefficient (Wildman–Crippen LogP) is 1.62. The summed E-state index contributed by atoms with van der Waals surface area (Å²) in [6, 6.07) is 5.35. The molecule has 3 N–H and O–H groups in total. The molecule has 0 bridgehead atoms. The fraction of sp³-hybridized carbons (Fsp3) is 0.133. The summed E-state index contributed by atoms with van der Waals surface area (Å²) in [5, 5.41) is -0.432. The number of aryl methyl sites for hydroxylation is 1. The Morgan fingerprint density at radius 1 is 1.07 bits per heavy atom. The summed E-state index contributed by atoms with van der Waals surface area (Å²) in [6.07, 6.45) is -4.87. The van der Waals surface area contributed by atoms with Crippen LogP contribution in [-0.4, -0.2) is 29.7 Å². The highest BCUT2D eigenvalue weighted by Crippen LogP contribution is 2.25. The normalized spacial score (nSPS) is 12.1. The number of hydrogen-bond acceptors (Lipinski definition) is 6. The summed E-state index contributed by atoms with van der Waals surface area (Å²) >= 11 is 0. The van der Waals surface area contributed by atoms with Gasteiger partial charge in [0.25, 0.3) is 10.0 Å². The molecular formula is C15H11F3N4O5S. The number of fused-ring (bicyclic) bond motifs is 1. The van der Waals surface area contributed by atoms with Crippen molar-refractivity contribution in [2.24, 2.45) is 0 Å². The number of halogens is 3. The molecule has 0 aliphatic heterocycles. The third-order valence-corrected chi connectivity index (χ3v) is 4.87. The van der Waals surface area contributed by atoms with Crippen LogP contribution in [-0.2, 0) is 10.0 Å². The van der Waals surface area contributed by atoms with Gasteiger partial charge in [0.2, 0.25) is 0 Å². The molecule has 148 valence electrons. The number of benzene rings is 1. The zero-order valence-electron chi connectivity index (χ0n) is 13.9. The van der Waals surface area contributed by atoms with Gasteiger partial charge in [0.15, 0.2) is 10.7 Å². The first-order valence-electron chi connectivity index (χ1n) is 7.47. The molecule has 0 saturated carbocycles. The molecule has 28 heavy (non-hydrogen) atoms. The third kappa shape index (κ3) is 4.14. The maximum atomic E-state index is 12.6. The molecular weight excluding hydrogens is 405 g/mol. The molecule has 0 amide bonds. The van der Waals surface area contributed by atoms with Crippen LogP contribution in [0.25, 0.3) is 11.2 Å². The first kappa shape index (κ1) is 19.4. The number of pyridine rings is 1. The molecule has 0 spiro atoms. The topological polar surface area (TPSA) is 134 Å². The predicted molar refractivity (Wildman–Crippen MR) is 91.7 cm³/mol. The minimum Gasteiger partial charge on any atom is -0.406 e. The molecule has 9 nitrogen and oxygen atoms in total. The van der Waals surface area contributed by atoms with E-state index in [-0.39, 0.29) is 22.4 Å². The molecule has 3 rings (SSSR count). The van der Waals surface area contributed by atoms with E-state index in [1.165, 1.54) is 13.0 Å². The van der Waals surface area contributed by atoms with Crippen LogP contribution in [0.15, 0.2) is 44.9 Å². The highest BCUT2D eigenvalue weighted by molar-refractivity contribution is 7.92. The Balaban J connectivity index is 1.94. The van der Waals surface area contributed by atoms with Crippen LogP contribution in [0.1, 0.15) is 5.56 Å². The van der Waals surface area contributed by atoms with E-state index < -0.39 is 38.3 Å². The number of nitrogens with one attached hydrogen (secondary N) is 3. The van der Waals surface area contributed by atoms with E-state index in [2.05, 4.69) is 24.4 Å². The Hall–Kier alpha value is -3.35. The van der Waals surface area contributed by atoms with Crippen LogP contribution < -0.4 is 20.6 Å². The maximum absolute atomic E-state index is 12.6. The number of hydrogen-bond donors (Lipinski definition) is 3. The minimum atomic E-state index is -4.87. The van der Waals surface area contributed by atoms with E-state index in [1.54, 1.807) is 0 Å². The van der Waals surface area contributed by atoms with E-state index in [0.29, 0.717) is 0 Å². The first-order valence-corrected chi connectivity index (χ1v) is 8.95. The second kappa shape index (κ2) is 6.67.